The van der Waals surface area contributed by atoms with Crippen LogP contribution in [0.4, 0.5) is 5.69 Å². The number of nitrogens with zero attached hydrogens (tertiary/aromatic N) is 1. The first kappa shape index (κ1) is 10.2. The molecule has 0 amide bonds. The topological polar surface area (TPSA) is 35.8 Å². The van der Waals surface area contributed by atoms with Gasteiger partial charge in [0.1, 0.15) is 6.04 Å². The first-order chi connectivity index (χ1) is 6.15. The van der Waals surface area contributed by atoms with E-state index in [2.05, 4.69) is 5.32 Å². The summed E-state index contributed by atoms with van der Waals surface area (Å²) in [6.07, 6.45) is 0. The van der Waals surface area contributed by atoms with E-state index in [0.717, 1.165) is 0 Å². The minimum atomic E-state index is -0.308. The van der Waals surface area contributed by atoms with Crippen molar-refractivity contribution >= 4 is 28.9 Å². The van der Waals surface area contributed by atoms with Crippen LogP contribution in [0.5, 0.6) is 0 Å². The molecule has 1 aromatic rings. The highest BCUT2D eigenvalue weighted by Crippen LogP contribution is 2.30. The van der Waals surface area contributed by atoms with Crippen LogP contribution in [0.1, 0.15) is 6.92 Å². The third-order valence-electron chi connectivity index (χ3n) is 1.52. The highest BCUT2D eigenvalue weighted by molar-refractivity contribution is 6.39. The van der Waals surface area contributed by atoms with E-state index >= 15 is 0 Å². The molecule has 1 atom stereocenters. The Morgan fingerprint density at radius 3 is 2.38 bits per heavy atom. The standard InChI is InChI=1S/C9H8Cl2N2/c1-6(5-12)13-9-7(10)3-2-4-8(9)11/h2-4,6,13H,1H3. The second-order valence-corrected chi connectivity index (χ2v) is 3.41. The van der Waals surface area contributed by atoms with Gasteiger partial charge in [0.25, 0.3) is 0 Å². The minimum absolute atomic E-state index is 0.308. The molecule has 0 heterocycles. The molecule has 1 unspecified atom stereocenters. The number of hydrogen-bond acceptors (Lipinski definition) is 2. The molecule has 2 nitrogen and oxygen atoms in total. The lowest BCUT2D eigenvalue weighted by Gasteiger charge is -2.10. The summed E-state index contributed by atoms with van der Waals surface area (Å²) in [6, 6.07) is 6.93. The van der Waals surface area contributed by atoms with Gasteiger partial charge in [-0.3, -0.25) is 0 Å². The van der Waals surface area contributed by atoms with Crippen LogP contribution in [-0.2, 0) is 0 Å². The fourth-order valence-electron chi connectivity index (χ4n) is 0.884. The van der Waals surface area contributed by atoms with Gasteiger partial charge in [0.2, 0.25) is 0 Å². The van der Waals surface area contributed by atoms with E-state index in [-0.39, 0.29) is 6.04 Å². The van der Waals surface area contributed by atoms with Gasteiger partial charge in [0.05, 0.1) is 21.8 Å². The summed E-state index contributed by atoms with van der Waals surface area (Å²) in [5.74, 6) is 0. The van der Waals surface area contributed by atoms with Crippen LogP contribution >= 0.6 is 23.2 Å². The maximum absolute atomic E-state index is 8.58. The van der Waals surface area contributed by atoms with Crippen molar-refractivity contribution in [3.63, 3.8) is 0 Å². The lowest BCUT2D eigenvalue weighted by atomic mass is 10.3. The second kappa shape index (κ2) is 4.36. The van der Waals surface area contributed by atoms with Crippen molar-refractivity contribution in [3.05, 3.63) is 28.2 Å². The molecule has 0 aliphatic carbocycles. The molecule has 0 spiro atoms. The van der Waals surface area contributed by atoms with Crippen LogP contribution in [0.3, 0.4) is 0 Å². The summed E-state index contributed by atoms with van der Waals surface area (Å²) < 4.78 is 0. The summed E-state index contributed by atoms with van der Waals surface area (Å²) in [5, 5.41) is 12.5. The van der Waals surface area contributed by atoms with Gasteiger partial charge in [-0.2, -0.15) is 5.26 Å². The van der Waals surface area contributed by atoms with Crippen molar-refractivity contribution in [2.45, 2.75) is 13.0 Å². The molecule has 1 N–H and O–H groups in total. The molecule has 68 valence electrons. The van der Waals surface area contributed by atoms with E-state index in [1.54, 1.807) is 25.1 Å². The Labute approximate surface area is 87.1 Å². The van der Waals surface area contributed by atoms with Gasteiger partial charge in [0, 0.05) is 0 Å². The Hall–Kier alpha value is -0.910. The SMILES string of the molecule is CC(C#N)Nc1c(Cl)cccc1Cl. The predicted octanol–water partition coefficient (Wildman–Crippen LogP) is 3.32. The number of hydrogen-bond donors (Lipinski definition) is 1. The second-order valence-electron chi connectivity index (χ2n) is 2.59. The highest BCUT2D eigenvalue weighted by Gasteiger charge is 2.07. The molecule has 0 bridgehead atoms. The summed E-state index contributed by atoms with van der Waals surface area (Å²) in [4.78, 5) is 0. The molecule has 13 heavy (non-hydrogen) atoms. The van der Waals surface area contributed by atoms with Gasteiger partial charge >= 0.3 is 0 Å². The number of benzene rings is 1. The third-order valence-corrected chi connectivity index (χ3v) is 2.15. The van der Waals surface area contributed by atoms with E-state index < -0.39 is 0 Å². The predicted molar refractivity (Wildman–Crippen MR) is 55.2 cm³/mol. The van der Waals surface area contributed by atoms with Crippen molar-refractivity contribution in [3.8, 4) is 6.07 Å². The zero-order valence-electron chi connectivity index (χ0n) is 7.01. The van der Waals surface area contributed by atoms with Crippen molar-refractivity contribution < 1.29 is 0 Å². The lowest BCUT2D eigenvalue weighted by Crippen LogP contribution is -2.12. The van der Waals surface area contributed by atoms with Crippen LogP contribution in [-0.4, -0.2) is 6.04 Å². The molecular weight excluding hydrogens is 207 g/mol. The number of nitriles is 1. The van der Waals surface area contributed by atoms with Gasteiger partial charge in [-0.25, -0.2) is 0 Å². The maximum atomic E-state index is 8.58. The van der Waals surface area contributed by atoms with Gasteiger partial charge < -0.3 is 5.32 Å². The molecular formula is C9H8Cl2N2. The van der Waals surface area contributed by atoms with E-state index in [1.807, 2.05) is 6.07 Å². The van der Waals surface area contributed by atoms with Crippen molar-refractivity contribution in [2.24, 2.45) is 0 Å². The molecule has 0 aromatic heterocycles. The van der Waals surface area contributed by atoms with Crippen molar-refractivity contribution in [1.29, 1.82) is 5.26 Å². The number of para-hydroxylation sites is 1. The Bertz CT molecular complexity index is 324. The largest absolute Gasteiger partial charge is 0.368 e. The Balaban J connectivity index is 2.95. The Kier molecular flexibility index (Phi) is 3.41. The fourth-order valence-corrected chi connectivity index (χ4v) is 1.39. The summed E-state index contributed by atoms with van der Waals surface area (Å²) in [5.41, 5.74) is 0.611. The number of anilines is 1. The smallest absolute Gasteiger partial charge is 0.111 e. The van der Waals surface area contributed by atoms with E-state index in [9.17, 15) is 0 Å². The molecule has 1 aromatic carbocycles. The molecule has 4 heteroatoms. The first-order valence-corrected chi connectivity index (χ1v) is 4.51. The first-order valence-electron chi connectivity index (χ1n) is 3.75. The fraction of sp³-hybridized carbons (Fsp3) is 0.222. The molecule has 0 aliphatic rings. The molecule has 0 saturated heterocycles. The van der Waals surface area contributed by atoms with E-state index in [1.165, 1.54) is 0 Å². The van der Waals surface area contributed by atoms with Gasteiger partial charge in [-0.1, -0.05) is 29.3 Å². The zero-order chi connectivity index (χ0) is 9.84. The van der Waals surface area contributed by atoms with Crippen molar-refractivity contribution in [2.75, 3.05) is 5.32 Å². The summed E-state index contributed by atoms with van der Waals surface area (Å²) >= 11 is 11.7. The third kappa shape index (κ3) is 2.51. The maximum Gasteiger partial charge on any atom is 0.111 e. The summed E-state index contributed by atoms with van der Waals surface area (Å²) in [7, 11) is 0. The van der Waals surface area contributed by atoms with Crippen LogP contribution in [0.25, 0.3) is 0 Å². The lowest BCUT2D eigenvalue weighted by molar-refractivity contribution is 1.01. The quantitative estimate of drug-likeness (QED) is 0.821. The highest BCUT2D eigenvalue weighted by atomic mass is 35.5. The average molecular weight is 215 g/mol. The molecule has 0 fully saturated rings. The summed E-state index contributed by atoms with van der Waals surface area (Å²) in [6.45, 7) is 1.74. The Morgan fingerprint density at radius 1 is 1.38 bits per heavy atom. The van der Waals surface area contributed by atoms with E-state index in [0.29, 0.717) is 15.7 Å². The van der Waals surface area contributed by atoms with Gasteiger partial charge in [-0.15, -0.1) is 0 Å². The van der Waals surface area contributed by atoms with Crippen molar-refractivity contribution in [1.82, 2.24) is 0 Å². The number of halogens is 2. The zero-order valence-corrected chi connectivity index (χ0v) is 8.52. The normalized spacial score (nSPS) is 11.8. The van der Waals surface area contributed by atoms with Crippen LogP contribution < -0.4 is 5.32 Å². The number of nitrogens with one attached hydrogen (secondary N) is 1. The van der Waals surface area contributed by atoms with Gasteiger partial charge in [-0.05, 0) is 19.1 Å². The average Bonchev–Trinajstić information content (AvgIpc) is 2.11. The Morgan fingerprint density at radius 2 is 1.92 bits per heavy atom. The van der Waals surface area contributed by atoms with Crippen LogP contribution in [0.2, 0.25) is 10.0 Å². The molecule has 1 rings (SSSR count). The molecule has 0 radical (unpaired) electrons. The molecule has 0 aliphatic heterocycles. The molecule has 0 saturated carbocycles. The van der Waals surface area contributed by atoms with Crippen LogP contribution in [0, 0.1) is 11.3 Å². The minimum Gasteiger partial charge on any atom is -0.368 e. The van der Waals surface area contributed by atoms with E-state index in [4.69, 9.17) is 28.5 Å². The monoisotopic (exact) mass is 214 g/mol. The van der Waals surface area contributed by atoms with Gasteiger partial charge in [0.15, 0.2) is 0 Å². The van der Waals surface area contributed by atoms with Crippen LogP contribution in [0.15, 0.2) is 18.2 Å². The number of rotatable bonds is 2.